The molecule has 2 aliphatic heterocycles. The highest BCUT2D eigenvalue weighted by Gasteiger charge is 2.41. The summed E-state index contributed by atoms with van der Waals surface area (Å²) in [4.78, 5) is 2.69. The zero-order valence-corrected chi connectivity index (χ0v) is 10.9. The number of thioether (sulfide) groups is 1. The summed E-state index contributed by atoms with van der Waals surface area (Å²) >= 11 is 2.08. The van der Waals surface area contributed by atoms with Gasteiger partial charge >= 0.3 is 0 Å². The van der Waals surface area contributed by atoms with E-state index in [0.717, 1.165) is 18.4 Å². The van der Waals surface area contributed by atoms with Crippen molar-refractivity contribution < 1.29 is 0 Å². The average Bonchev–Trinajstić information content (AvgIpc) is 2.72. The van der Waals surface area contributed by atoms with Crippen LogP contribution in [0.15, 0.2) is 0 Å². The molecule has 0 amide bonds. The summed E-state index contributed by atoms with van der Waals surface area (Å²) in [6.07, 6.45) is 2.66. The number of rotatable bonds is 2. The highest BCUT2D eigenvalue weighted by atomic mass is 32.2. The highest BCUT2D eigenvalue weighted by molar-refractivity contribution is 7.99. The van der Waals surface area contributed by atoms with Crippen LogP contribution < -0.4 is 5.73 Å². The van der Waals surface area contributed by atoms with Crippen LogP contribution in [-0.4, -0.2) is 41.6 Å². The molecule has 2 heterocycles. The lowest BCUT2D eigenvalue weighted by molar-refractivity contribution is 0.0461. The summed E-state index contributed by atoms with van der Waals surface area (Å²) in [5.74, 6) is 4.29. The van der Waals surface area contributed by atoms with Gasteiger partial charge in [-0.2, -0.15) is 11.8 Å². The fourth-order valence-corrected chi connectivity index (χ4v) is 4.32. The lowest BCUT2D eigenvalue weighted by Crippen LogP contribution is -2.58. The monoisotopic (exact) mass is 228 g/mol. The van der Waals surface area contributed by atoms with Crippen molar-refractivity contribution in [3.63, 3.8) is 0 Å². The molecule has 2 saturated heterocycles. The van der Waals surface area contributed by atoms with Gasteiger partial charge in [0.2, 0.25) is 0 Å². The van der Waals surface area contributed by atoms with Gasteiger partial charge in [0.25, 0.3) is 0 Å². The van der Waals surface area contributed by atoms with Crippen molar-refractivity contribution in [2.75, 3.05) is 31.1 Å². The molecule has 0 radical (unpaired) electrons. The Labute approximate surface area is 98.0 Å². The standard InChI is InChI=1S/C12H24N2S/c1-10-3-5-14(7-11(10)2)12(8-13)4-6-15-9-12/h10-11H,3-9,13H2,1-2H3. The van der Waals surface area contributed by atoms with E-state index < -0.39 is 0 Å². The third kappa shape index (κ3) is 2.20. The molecule has 3 unspecified atom stereocenters. The third-order valence-corrected chi connectivity index (χ3v) is 5.70. The summed E-state index contributed by atoms with van der Waals surface area (Å²) in [7, 11) is 0. The van der Waals surface area contributed by atoms with Crippen molar-refractivity contribution >= 4 is 11.8 Å². The van der Waals surface area contributed by atoms with Crippen molar-refractivity contribution in [1.82, 2.24) is 4.90 Å². The van der Waals surface area contributed by atoms with Gasteiger partial charge in [0, 0.05) is 24.4 Å². The summed E-state index contributed by atoms with van der Waals surface area (Å²) < 4.78 is 0. The molecule has 2 N–H and O–H groups in total. The fraction of sp³-hybridized carbons (Fsp3) is 1.00. The number of nitrogens with two attached hydrogens (primary N) is 1. The molecule has 0 bridgehead atoms. The molecule has 0 spiro atoms. The number of likely N-dealkylation sites (tertiary alicyclic amines) is 1. The average molecular weight is 228 g/mol. The predicted molar refractivity (Wildman–Crippen MR) is 68.2 cm³/mol. The van der Waals surface area contributed by atoms with Gasteiger partial charge in [-0.25, -0.2) is 0 Å². The van der Waals surface area contributed by atoms with Crippen LogP contribution >= 0.6 is 11.8 Å². The van der Waals surface area contributed by atoms with Crippen molar-refractivity contribution in [3.05, 3.63) is 0 Å². The SMILES string of the molecule is CC1CCN(C2(CN)CCSC2)CC1C. The van der Waals surface area contributed by atoms with E-state index in [-0.39, 0.29) is 0 Å². The van der Waals surface area contributed by atoms with Crippen LogP contribution in [0.3, 0.4) is 0 Å². The summed E-state index contributed by atoms with van der Waals surface area (Å²) in [6, 6.07) is 0. The topological polar surface area (TPSA) is 29.3 Å². The minimum atomic E-state index is 0.346. The predicted octanol–water partition coefficient (Wildman–Crippen LogP) is 1.80. The quantitative estimate of drug-likeness (QED) is 0.781. The lowest BCUT2D eigenvalue weighted by atomic mass is 9.84. The van der Waals surface area contributed by atoms with Crippen LogP contribution in [0.1, 0.15) is 26.7 Å². The molecule has 2 fully saturated rings. The minimum Gasteiger partial charge on any atom is -0.329 e. The number of hydrogen-bond acceptors (Lipinski definition) is 3. The molecule has 0 saturated carbocycles. The third-order valence-electron chi connectivity index (χ3n) is 4.47. The molecular formula is C12H24N2S. The zero-order valence-electron chi connectivity index (χ0n) is 10.0. The Bertz CT molecular complexity index is 214. The summed E-state index contributed by atoms with van der Waals surface area (Å²) in [5.41, 5.74) is 6.37. The van der Waals surface area contributed by atoms with Crippen LogP contribution in [0.4, 0.5) is 0 Å². The number of nitrogens with zero attached hydrogens (tertiary/aromatic N) is 1. The second-order valence-corrected chi connectivity index (χ2v) is 6.53. The zero-order chi connectivity index (χ0) is 10.9. The molecular weight excluding hydrogens is 204 g/mol. The van der Waals surface area contributed by atoms with Crippen LogP contribution in [0.25, 0.3) is 0 Å². The molecule has 2 rings (SSSR count). The molecule has 2 nitrogen and oxygen atoms in total. The molecule has 0 aliphatic carbocycles. The first-order chi connectivity index (χ1) is 7.18. The van der Waals surface area contributed by atoms with E-state index >= 15 is 0 Å². The van der Waals surface area contributed by atoms with Crippen molar-refractivity contribution in [3.8, 4) is 0 Å². The first-order valence-electron chi connectivity index (χ1n) is 6.21. The van der Waals surface area contributed by atoms with Gasteiger partial charge in [-0.05, 0) is 37.0 Å². The normalized spacial score (nSPS) is 43.4. The molecule has 0 aromatic rings. The Morgan fingerprint density at radius 3 is 2.73 bits per heavy atom. The molecule has 2 aliphatic rings. The molecule has 0 aromatic carbocycles. The van der Waals surface area contributed by atoms with Gasteiger partial charge in [-0.3, -0.25) is 4.90 Å². The summed E-state index contributed by atoms with van der Waals surface area (Å²) in [5, 5.41) is 0. The minimum absolute atomic E-state index is 0.346. The molecule has 3 atom stereocenters. The fourth-order valence-electron chi connectivity index (χ4n) is 2.83. The van der Waals surface area contributed by atoms with E-state index in [1.807, 2.05) is 0 Å². The Balaban J connectivity index is 2.03. The first kappa shape index (κ1) is 11.7. The maximum atomic E-state index is 6.02. The maximum absolute atomic E-state index is 6.02. The number of hydrogen-bond donors (Lipinski definition) is 1. The van der Waals surface area contributed by atoms with E-state index in [1.165, 1.54) is 37.4 Å². The van der Waals surface area contributed by atoms with Crippen LogP contribution in [0, 0.1) is 11.8 Å². The van der Waals surface area contributed by atoms with Gasteiger partial charge in [0.05, 0.1) is 0 Å². The largest absolute Gasteiger partial charge is 0.329 e. The van der Waals surface area contributed by atoms with Gasteiger partial charge in [0.1, 0.15) is 0 Å². The van der Waals surface area contributed by atoms with Crippen LogP contribution in [0.2, 0.25) is 0 Å². The second-order valence-electron chi connectivity index (χ2n) is 5.42. The highest BCUT2D eigenvalue weighted by Crippen LogP contribution is 2.36. The summed E-state index contributed by atoms with van der Waals surface area (Å²) in [6.45, 7) is 8.16. The number of piperidine rings is 1. The van der Waals surface area contributed by atoms with Gasteiger partial charge < -0.3 is 5.73 Å². The van der Waals surface area contributed by atoms with E-state index in [4.69, 9.17) is 5.73 Å². The first-order valence-corrected chi connectivity index (χ1v) is 7.36. The van der Waals surface area contributed by atoms with Crippen LogP contribution in [0.5, 0.6) is 0 Å². The van der Waals surface area contributed by atoms with E-state index in [0.29, 0.717) is 5.54 Å². The van der Waals surface area contributed by atoms with Gasteiger partial charge in [-0.15, -0.1) is 0 Å². The van der Waals surface area contributed by atoms with E-state index in [9.17, 15) is 0 Å². The second kappa shape index (κ2) is 4.64. The molecule has 88 valence electrons. The Kier molecular flexibility index (Phi) is 3.63. The van der Waals surface area contributed by atoms with Gasteiger partial charge in [-0.1, -0.05) is 13.8 Å². The smallest absolute Gasteiger partial charge is 0.0429 e. The lowest BCUT2D eigenvalue weighted by Gasteiger charge is -2.46. The van der Waals surface area contributed by atoms with E-state index in [2.05, 4.69) is 30.5 Å². The molecule has 3 heteroatoms. The van der Waals surface area contributed by atoms with Gasteiger partial charge in [0.15, 0.2) is 0 Å². The van der Waals surface area contributed by atoms with Crippen LogP contribution in [-0.2, 0) is 0 Å². The van der Waals surface area contributed by atoms with E-state index in [1.54, 1.807) is 0 Å². The molecule has 15 heavy (non-hydrogen) atoms. The molecule has 0 aromatic heterocycles. The Morgan fingerprint density at radius 1 is 1.40 bits per heavy atom. The Morgan fingerprint density at radius 2 is 2.20 bits per heavy atom. The van der Waals surface area contributed by atoms with Crippen molar-refractivity contribution in [2.45, 2.75) is 32.2 Å². The maximum Gasteiger partial charge on any atom is 0.0429 e. The Hall–Kier alpha value is 0.270. The van der Waals surface area contributed by atoms with Crippen molar-refractivity contribution in [2.24, 2.45) is 17.6 Å². The van der Waals surface area contributed by atoms with Crippen molar-refractivity contribution in [1.29, 1.82) is 0 Å².